The van der Waals surface area contributed by atoms with E-state index in [1.54, 1.807) is 0 Å². The minimum atomic E-state index is 0.142. The van der Waals surface area contributed by atoms with Crippen molar-refractivity contribution in [1.82, 2.24) is 9.97 Å². The molecular weight excluding hydrogens is 210 g/mol. The molecule has 0 amide bonds. The van der Waals surface area contributed by atoms with Crippen LogP contribution in [0.15, 0.2) is 36.7 Å². The number of rotatable bonds is 3. The second-order valence-corrected chi connectivity index (χ2v) is 4.41. The van der Waals surface area contributed by atoms with Gasteiger partial charge in [-0.25, -0.2) is 9.97 Å². The lowest BCUT2D eigenvalue weighted by atomic mass is 10.1. The van der Waals surface area contributed by atoms with Crippen LogP contribution in [0.25, 0.3) is 11.4 Å². The topological polar surface area (TPSA) is 51.8 Å². The summed E-state index contributed by atoms with van der Waals surface area (Å²) in [6.45, 7) is 4.05. The van der Waals surface area contributed by atoms with Gasteiger partial charge in [-0.3, -0.25) is 0 Å². The summed E-state index contributed by atoms with van der Waals surface area (Å²) in [5, 5.41) is 0. The van der Waals surface area contributed by atoms with Gasteiger partial charge in [-0.05, 0) is 31.4 Å². The van der Waals surface area contributed by atoms with Crippen LogP contribution < -0.4 is 5.73 Å². The highest BCUT2D eigenvalue weighted by molar-refractivity contribution is 5.59. The molecule has 1 aromatic heterocycles. The van der Waals surface area contributed by atoms with Gasteiger partial charge >= 0.3 is 0 Å². The van der Waals surface area contributed by atoms with Gasteiger partial charge in [-0.1, -0.05) is 24.3 Å². The molecule has 0 saturated heterocycles. The van der Waals surface area contributed by atoms with E-state index in [1.165, 1.54) is 5.56 Å². The van der Waals surface area contributed by atoms with Crippen LogP contribution in [0, 0.1) is 6.92 Å². The van der Waals surface area contributed by atoms with E-state index in [4.69, 9.17) is 5.73 Å². The van der Waals surface area contributed by atoms with Crippen LogP contribution in [-0.2, 0) is 6.42 Å². The predicted octanol–water partition coefficient (Wildman–Crippen LogP) is 2.34. The first kappa shape index (κ1) is 11.7. The molecule has 2 rings (SSSR count). The minimum Gasteiger partial charge on any atom is -0.328 e. The van der Waals surface area contributed by atoms with Crippen molar-refractivity contribution < 1.29 is 0 Å². The Kier molecular flexibility index (Phi) is 3.49. The van der Waals surface area contributed by atoms with Crippen molar-refractivity contribution in [2.24, 2.45) is 5.73 Å². The van der Waals surface area contributed by atoms with Crippen molar-refractivity contribution in [1.29, 1.82) is 0 Å². The normalized spacial score (nSPS) is 12.4. The van der Waals surface area contributed by atoms with Crippen LogP contribution in [-0.4, -0.2) is 16.0 Å². The molecule has 88 valence electrons. The molecule has 0 spiro atoms. The second kappa shape index (κ2) is 5.06. The van der Waals surface area contributed by atoms with Crippen LogP contribution in [0.3, 0.4) is 0 Å². The molecule has 3 nitrogen and oxygen atoms in total. The Morgan fingerprint density at radius 3 is 2.41 bits per heavy atom. The summed E-state index contributed by atoms with van der Waals surface area (Å²) in [6.07, 6.45) is 4.53. The molecule has 0 bridgehead atoms. The fourth-order valence-electron chi connectivity index (χ4n) is 1.79. The summed E-state index contributed by atoms with van der Waals surface area (Å²) in [4.78, 5) is 8.79. The molecule has 2 N–H and O–H groups in total. The smallest absolute Gasteiger partial charge is 0.159 e. The highest BCUT2D eigenvalue weighted by Crippen LogP contribution is 2.18. The first-order valence-corrected chi connectivity index (χ1v) is 5.79. The summed E-state index contributed by atoms with van der Waals surface area (Å²) < 4.78 is 0. The molecule has 1 atom stereocenters. The highest BCUT2D eigenvalue weighted by atomic mass is 14.9. The number of hydrogen-bond acceptors (Lipinski definition) is 3. The van der Waals surface area contributed by atoms with Gasteiger partial charge in [0.05, 0.1) is 0 Å². The van der Waals surface area contributed by atoms with Gasteiger partial charge in [0.25, 0.3) is 0 Å². The minimum absolute atomic E-state index is 0.142. The number of nitrogens with zero attached hydrogens (tertiary/aromatic N) is 2. The Hall–Kier alpha value is -1.74. The van der Waals surface area contributed by atoms with Crippen LogP contribution in [0.4, 0.5) is 0 Å². The summed E-state index contributed by atoms with van der Waals surface area (Å²) in [5.74, 6) is 0.775. The van der Waals surface area contributed by atoms with Crippen molar-refractivity contribution in [3.63, 3.8) is 0 Å². The van der Waals surface area contributed by atoms with Crippen molar-refractivity contribution in [2.75, 3.05) is 0 Å². The number of aryl methyl sites for hydroxylation is 1. The molecule has 0 aliphatic rings. The Labute approximate surface area is 102 Å². The van der Waals surface area contributed by atoms with Gasteiger partial charge in [0, 0.05) is 24.0 Å². The zero-order valence-electron chi connectivity index (χ0n) is 10.2. The molecule has 1 aromatic carbocycles. The third-order valence-electron chi connectivity index (χ3n) is 2.65. The van der Waals surface area contributed by atoms with E-state index in [9.17, 15) is 0 Å². The third-order valence-corrected chi connectivity index (χ3v) is 2.65. The van der Waals surface area contributed by atoms with Crippen molar-refractivity contribution in [3.05, 3.63) is 47.8 Å². The molecule has 0 radical (unpaired) electrons. The van der Waals surface area contributed by atoms with Gasteiger partial charge in [0.1, 0.15) is 0 Å². The zero-order valence-corrected chi connectivity index (χ0v) is 10.2. The van der Waals surface area contributed by atoms with Gasteiger partial charge in [0.15, 0.2) is 5.82 Å². The standard InChI is InChI=1S/C14H17N3/c1-10-5-3-4-6-13(10)14-16-8-12(9-17-14)7-11(2)15/h3-6,8-9,11H,7,15H2,1-2H3. The maximum absolute atomic E-state index is 5.74. The maximum atomic E-state index is 5.74. The molecule has 17 heavy (non-hydrogen) atoms. The van der Waals surface area contributed by atoms with Crippen LogP contribution in [0.5, 0.6) is 0 Å². The molecule has 3 heteroatoms. The molecule has 0 saturated carbocycles. The fourth-order valence-corrected chi connectivity index (χ4v) is 1.79. The van der Waals surface area contributed by atoms with Gasteiger partial charge < -0.3 is 5.73 Å². The van der Waals surface area contributed by atoms with Crippen LogP contribution in [0.2, 0.25) is 0 Å². The Balaban J connectivity index is 2.27. The maximum Gasteiger partial charge on any atom is 0.159 e. The largest absolute Gasteiger partial charge is 0.328 e. The molecule has 2 aromatic rings. The first-order valence-electron chi connectivity index (χ1n) is 5.79. The van der Waals surface area contributed by atoms with E-state index in [-0.39, 0.29) is 6.04 Å². The monoisotopic (exact) mass is 227 g/mol. The highest BCUT2D eigenvalue weighted by Gasteiger charge is 2.04. The van der Waals surface area contributed by atoms with E-state index >= 15 is 0 Å². The summed E-state index contributed by atoms with van der Waals surface area (Å²) >= 11 is 0. The van der Waals surface area contributed by atoms with Gasteiger partial charge in [-0.15, -0.1) is 0 Å². The fraction of sp³-hybridized carbons (Fsp3) is 0.286. The van der Waals surface area contributed by atoms with Gasteiger partial charge in [-0.2, -0.15) is 0 Å². The van der Waals surface area contributed by atoms with Crippen LogP contribution >= 0.6 is 0 Å². The van der Waals surface area contributed by atoms with Crippen molar-refractivity contribution >= 4 is 0 Å². The van der Waals surface area contributed by atoms with Crippen LogP contribution in [0.1, 0.15) is 18.1 Å². The summed E-state index contributed by atoms with van der Waals surface area (Å²) in [5.41, 5.74) is 9.09. The lowest BCUT2D eigenvalue weighted by Crippen LogP contribution is -2.18. The Morgan fingerprint density at radius 2 is 1.82 bits per heavy atom. The van der Waals surface area contributed by atoms with E-state index < -0.39 is 0 Å². The Morgan fingerprint density at radius 1 is 1.18 bits per heavy atom. The zero-order chi connectivity index (χ0) is 12.3. The summed E-state index contributed by atoms with van der Waals surface area (Å²) in [6, 6.07) is 8.26. The van der Waals surface area contributed by atoms with E-state index in [2.05, 4.69) is 23.0 Å². The van der Waals surface area contributed by atoms with E-state index in [0.717, 1.165) is 23.4 Å². The molecular formula is C14H17N3. The molecule has 0 aliphatic heterocycles. The quantitative estimate of drug-likeness (QED) is 0.875. The van der Waals surface area contributed by atoms with Gasteiger partial charge in [0.2, 0.25) is 0 Å². The third kappa shape index (κ3) is 2.88. The number of hydrogen-bond donors (Lipinski definition) is 1. The van der Waals surface area contributed by atoms with E-state index in [0.29, 0.717) is 0 Å². The second-order valence-electron chi connectivity index (χ2n) is 4.41. The average Bonchev–Trinajstić information content (AvgIpc) is 2.30. The predicted molar refractivity (Wildman–Crippen MR) is 69.6 cm³/mol. The van der Waals surface area contributed by atoms with E-state index in [1.807, 2.05) is 37.5 Å². The molecule has 1 heterocycles. The first-order chi connectivity index (χ1) is 8.16. The SMILES string of the molecule is Cc1ccccc1-c1ncc(CC(C)N)cn1. The molecule has 0 fully saturated rings. The lowest BCUT2D eigenvalue weighted by Gasteiger charge is -2.06. The number of aromatic nitrogens is 2. The molecule has 1 unspecified atom stereocenters. The molecule has 0 aliphatic carbocycles. The van der Waals surface area contributed by atoms with Crippen molar-refractivity contribution in [2.45, 2.75) is 26.3 Å². The van der Waals surface area contributed by atoms with Crippen molar-refractivity contribution in [3.8, 4) is 11.4 Å². The summed E-state index contributed by atoms with van der Waals surface area (Å²) in [7, 11) is 0. The average molecular weight is 227 g/mol. The number of nitrogens with two attached hydrogens (primary N) is 1. The lowest BCUT2D eigenvalue weighted by molar-refractivity contribution is 0.732. The Bertz CT molecular complexity index is 489. The number of benzene rings is 1.